The molecule has 1 aromatic heterocycles. The summed E-state index contributed by atoms with van der Waals surface area (Å²) in [7, 11) is 0. The largest absolute Gasteiger partial charge is 0.365 e. The van der Waals surface area contributed by atoms with Crippen molar-refractivity contribution in [1.29, 1.82) is 0 Å². The Kier molecular flexibility index (Phi) is 5.72. The molecule has 4 aliphatic rings. The second-order valence-electron chi connectivity index (χ2n) is 13.5. The number of aromatic nitrogens is 1. The van der Waals surface area contributed by atoms with Crippen LogP contribution in [0, 0.1) is 0 Å². The highest BCUT2D eigenvalue weighted by Crippen LogP contribution is 2.56. The fourth-order valence-electron chi connectivity index (χ4n) is 8.76. The first-order valence-corrected chi connectivity index (χ1v) is 16.4. The summed E-state index contributed by atoms with van der Waals surface area (Å²) in [5.74, 6) is 1.51. The first-order chi connectivity index (χ1) is 21.6. The molecule has 9 rings (SSSR count). The van der Waals surface area contributed by atoms with Crippen molar-refractivity contribution < 1.29 is 0 Å². The van der Waals surface area contributed by atoms with E-state index in [0.717, 1.165) is 32.1 Å². The van der Waals surface area contributed by atoms with Gasteiger partial charge in [0.25, 0.3) is 0 Å². The van der Waals surface area contributed by atoms with Crippen molar-refractivity contribution in [2.24, 2.45) is 0 Å². The Hall–Kier alpha value is -4.56. The van der Waals surface area contributed by atoms with E-state index >= 15 is 0 Å². The third-order valence-corrected chi connectivity index (χ3v) is 10.7. The molecule has 216 valence electrons. The van der Waals surface area contributed by atoms with Gasteiger partial charge in [0, 0.05) is 27.5 Å². The summed E-state index contributed by atoms with van der Waals surface area (Å²) in [6, 6.07) is 29.6. The van der Waals surface area contributed by atoms with E-state index in [9.17, 15) is 0 Å². The van der Waals surface area contributed by atoms with Crippen LogP contribution in [0.15, 0.2) is 126 Å². The molecule has 2 nitrogen and oxygen atoms in total. The van der Waals surface area contributed by atoms with Crippen molar-refractivity contribution in [3.05, 3.63) is 143 Å². The molecule has 0 radical (unpaired) electrons. The number of hydrogen-bond donors (Lipinski definition) is 1. The number of benzene rings is 4. The average molecular weight is 571 g/mol. The molecule has 0 spiro atoms. The molecule has 4 aromatic carbocycles. The van der Waals surface area contributed by atoms with Crippen LogP contribution in [0.4, 0.5) is 0 Å². The zero-order chi connectivity index (χ0) is 29.4. The van der Waals surface area contributed by atoms with Gasteiger partial charge < -0.3 is 5.32 Å². The molecule has 0 bridgehead atoms. The zero-order valence-corrected chi connectivity index (χ0v) is 25.6. The molecule has 0 fully saturated rings. The van der Waals surface area contributed by atoms with Crippen molar-refractivity contribution in [3.63, 3.8) is 0 Å². The SMILES string of the molecule is CC1(C)C2=C(C=CCC2)c2c1c1ccccc1c1c2c2ccccc2n1C1=CC(c2ccccc2)CC(C2=CCCC=C2)N1. The molecule has 2 atom stereocenters. The summed E-state index contributed by atoms with van der Waals surface area (Å²) >= 11 is 0. The predicted octanol–water partition coefficient (Wildman–Crippen LogP) is 10.6. The van der Waals surface area contributed by atoms with Gasteiger partial charge in [-0.15, -0.1) is 0 Å². The first-order valence-electron chi connectivity index (χ1n) is 16.4. The summed E-state index contributed by atoms with van der Waals surface area (Å²) in [5.41, 5.74) is 11.4. The second kappa shape index (κ2) is 9.72. The third kappa shape index (κ3) is 3.67. The van der Waals surface area contributed by atoms with Crippen LogP contribution in [0.25, 0.3) is 44.0 Å². The Morgan fingerprint density at radius 3 is 2.34 bits per heavy atom. The van der Waals surface area contributed by atoms with Gasteiger partial charge in [-0.05, 0) is 77.5 Å². The number of nitrogens with one attached hydrogen (secondary N) is 1. The molecule has 5 aromatic rings. The third-order valence-electron chi connectivity index (χ3n) is 10.7. The fourth-order valence-corrected chi connectivity index (χ4v) is 8.76. The first kappa shape index (κ1) is 25.9. The van der Waals surface area contributed by atoms with Crippen LogP contribution in [0.2, 0.25) is 0 Å². The molecule has 0 amide bonds. The number of allylic oxidation sites excluding steroid dienone is 7. The Balaban J connectivity index is 1.39. The lowest BCUT2D eigenvalue weighted by Gasteiger charge is -2.33. The van der Waals surface area contributed by atoms with Crippen molar-refractivity contribution in [2.45, 2.75) is 63.3 Å². The van der Waals surface area contributed by atoms with Gasteiger partial charge in [0.2, 0.25) is 0 Å². The number of hydrogen-bond acceptors (Lipinski definition) is 1. The molecular formula is C42H38N2. The minimum absolute atomic E-state index is 0.00191. The lowest BCUT2D eigenvalue weighted by molar-refractivity contribution is 0.551. The maximum Gasteiger partial charge on any atom is 0.107 e. The molecular weight excluding hydrogens is 532 g/mol. The van der Waals surface area contributed by atoms with E-state index in [1.807, 2.05) is 0 Å². The van der Waals surface area contributed by atoms with Gasteiger partial charge >= 0.3 is 0 Å². The quantitative estimate of drug-likeness (QED) is 0.228. The Morgan fingerprint density at radius 1 is 0.773 bits per heavy atom. The Labute approximate surface area is 259 Å². The van der Waals surface area contributed by atoms with Gasteiger partial charge in [0.15, 0.2) is 0 Å². The van der Waals surface area contributed by atoms with E-state index in [2.05, 4.69) is 139 Å². The van der Waals surface area contributed by atoms with Crippen LogP contribution >= 0.6 is 0 Å². The normalized spacial score (nSPS) is 22.2. The summed E-state index contributed by atoms with van der Waals surface area (Å²) < 4.78 is 2.57. The molecule has 0 saturated heterocycles. The summed E-state index contributed by atoms with van der Waals surface area (Å²) in [4.78, 5) is 0. The highest BCUT2D eigenvalue weighted by molar-refractivity contribution is 6.25. The molecule has 1 aliphatic heterocycles. The minimum atomic E-state index is -0.00191. The minimum Gasteiger partial charge on any atom is -0.365 e. The van der Waals surface area contributed by atoms with Gasteiger partial charge in [-0.3, -0.25) is 4.57 Å². The van der Waals surface area contributed by atoms with Crippen molar-refractivity contribution in [3.8, 4) is 0 Å². The Bertz CT molecular complexity index is 2140. The highest BCUT2D eigenvalue weighted by atomic mass is 15.2. The van der Waals surface area contributed by atoms with Crippen LogP contribution in [0.1, 0.15) is 68.6 Å². The zero-order valence-electron chi connectivity index (χ0n) is 25.6. The van der Waals surface area contributed by atoms with Gasteiger partial charge in [0.1, 0.15) is 5.82 Å². The van der Waals surface area contributed by atoms with E-state index < -0.39 is 0 Å². The molecule has 44 heavy (non-hydrogen) atoms. The standard InChI is InChI=1S/C42H38N2/c1-42(2)34-23-13-11-21-32(34)38-39-33-22-12-14-24-36(33)44(41(39)31-20-10-9-19-30(31)40(38)42)37-26-29(27-15-5-3-6-16-27)25-35(43-37)28-17-7-4-8-18-28/h3,5-7,9-12,14-22,24,26,29,35,43H,4,8,13,23,25H2,1-2H3. The van der Waals surface area contributed by atoms with Crippen LogP contribution < -0.4 is 5.32 Å². The summed E-state index contributed by atoms with van der Waals surface area (Å²) in [5, 5.41) is 9.56. The van der Waals surface area contributed by atoms with Gasteiger partial charge in [0.05, 0.1) is 17.1 Å². The fraction of sp³-hybridized carbons (Fsp3) is 0.238. The number of para-hydroxylation sites is 1. The van der Waals surface area contributed by atoms with Crippen molar-refractivity contribution >= 4 is 44.0 Å². The van der Waals surface area contributed by atoms with Crippen LogP contribution in [-0.2, 0) is 5.41 Å². The smallest absolute Gasteiger partial charge is 0.107 e. The maximum absolute atomic E-state index is 4.09. The van der Waals surface area contributed by atoms with E-state index in [4.69, 9.17) is 0 Å². The predicted molar refractivity (Wildman–Crippen MR) is 187 cm³/mol. The molecule has 0 saturated carbocycles. The molecule has 3 aliphatic carbocycles. The van der Waals surface area contributed by atoms with Gasteiger partial charge in [-0.25, -0.2) is 0 Å². The summed E-state index contributed by atoms with van der Waals surface area (Å²) in [6.45, 7) is 4.91. The van der Waals surface area contributed by atoms with Crippen molar-refractivity contribution in [2.75, 3.05) is 0 Å². The number of fused-ring (bicyclic) bond motifs is 9. The van der Waals surface area contributed by atoms with Gasteiger partial charge in [-0.1, -0.05) is 123 Å². The molecule has 2 heteroatoms. The van der Waals surface area contributed by atoms with Crippen molar-refractivity contribution in [1.82, 2.24) is 9.88 Å². The average Bonchev–Trinajstić information content (AvgIpc) is 3.55. The van der Waals surface area contributed by atoms with E-state index in [1.54, 1.807) is 5.57 Å². The topological polar surface area (TPSA) is 17.0 Å². The van der Waals surface area contributed by atoms with Crippen LogP contribution in [-0.4, -0.2) is 10.6 Å². The van der Waals surface area contributed by atoms with E-state index in [-0.39, 0.29) is 11.5 Å². The number of rotatable bonds is 3. The Morgan fingerprint density at radius 2 is 1.52 bits per heavy atom. The maximum atomic E-state index is 4.09. The van der Waals surface area contributed by atoms with Crippen LogP contribution in [0.5, 0.6) is 0 Å². The molecule has 1 N–H and O–H groups in total. The van der Waals surface area contributed by atoms with Gasteiger partial charge in [-0.2, -0.15) is 0 Å². The lowest BCUT2D eigenvalue weighted by atomic mass is 9.76. The van der Waals surface area contributed by atoms with E-state index in [0.29, 0.717) is 5.92 Å². The number of nitrogens with zero attached hydrogens (tertiary/aromatic N) is 1. The van der Waals surface area contributed by atoms with E-state index in [1.165, 1.54) is 66.2 Å². The molecule has 2 heterocycles. The van der Waals surface area contributed by atoms with Crippen LogP contribution in [0.3, 0.4) is 0 Å². The summed E-state index contributed by atoms with van der Waals surface area (Å²) in [6.07, 6.45) is 20.0. The monoisotopic (exact) mass is 570 g/mol. The second-order valence-corrected chi connectivity index (χ2v) is 13.5. The highest BCUT2D eigenvalue weighted by Gasteiger charge is 2.41. The lowest BCUT2D eigenvalue weighted by Crippen LogP contribution is -2.36. The molecule has 2 unspecified atom stereocenters.